The quantitative estimate of drug-likeness (QED) is 0.0645. The minimum Gasteiger partial charge on any atom is -0.492 e. The molecule has 0 saturated carbocycles. The Morgan fingerprint density at radius 2 is 1.40 bits per heavy atom. The van der Waals surface area contributed by atoms with E-state index in [-0.39, 0.29) is 16.0 Å². The Balaban J connectivity index is 1.20. The molecule has 0 saturated heterocycles. The second-order valence-corrected chi connectivity index (χ2v) is 20.1. The summed E-state index contributed by atoms with van der Waals surface area (Å²) in [7, 11) is 0. The van der Waals surface area contributed by atoms with Crippen LogP contribution in [0.5, 0.6) is 11.5 Å². The first-order valence-electron chi connectivity index (χ1n) is 18.3. The van der Waals surface area contributed by atoms with Crippen molar-refractivity contribution >= 4 is 85.0 Å². The standard InChI is InChI=1S/C44H43Br2ClIN3O4/c1-28-6-18-39-36(24-28)43(2,3)40(48-50(39)21-23-55-35-16-11-32(46)12-17-35)25-29-7-8-30(42(29)47)26-41-44(4,5)37-27-33(51(52)53)13-19-38(37)49(41)20-22-54-34-14-9-31(45)10-15-34/h6,9-19,24-27H,7-8,20-23H2,1-5H3/b29-25+,41-26+. The van der Waals surface area contributed by atoms with Crippen molar-refractivity contribution in [3.63, 3.8) is 0 Å². The first-order valence-corrected chi connectivity index (χ1v) is 22.3. The average molecular weight is 1000 g/mol. The number of aryl methyl sites for hydroxylation is 1. The number of nitrogens with zero attached hydrogens (tertiary/aromatic N) is 3. The van der Waals surface area contributed by atoms with Crippen LogP contribution in [0.15, 0.2) is 128 Å². The predicted octanol–water partition coefficient (Wildman–Crippen LogP) is 12.6. The lowest BCUT2D eigenvalue weighted by molar-refractivity contribution is -0.384. The molecule has 0 amide bonds. The number of halogens is 4. The molecule has 4 aromatic rings. The zero-order chi connectivity index (χ0) is 39.1. The maximum Gasteiger partial charge on any atom is 0.269 e. The van der Waals surface area contributed by atoms with Crippen molar-refractivity contribution < 1.29 is 14.4 Å². The molecule has 286 valence electrons. The van der Waals surface area contributed by atoms with Crippen LogP contribution in [0.1, 0.15) is 57.2 Å². The second kappa shape index (κ2) is 16.2. The van der Waals surface area contributed by atoms with E-state index in [0.717, 1.165) is 73.0 Å². The van der Waals surface area contributed by atoms with Gasteiger partial charge in [-0.05, 0) is 115 Å². The number of ether oxygens (including phenoxy) is 2. The van der Waals surface area contributed by atoms with E-state index in [1.807, 2.05) is 54.6 Å². The molecule has 0 unspecified atom stereocenters. The molecule has 7 nitrogen and oxygen atoms in total. The molecule has 0 bridgehead atoms. The van der Waals surface area contributed by atoms with Gasteiger partial charge in [-0.25, -0.2) is 0 Å². The molecule has 0 N–H and O–H groups in total. The van der Waals surface area contributed by atoms with Crippen LogP contribution in [0.3, 0.4) is 0 Å². The number of benzene rings is 4. The van der Waals surface area contributed by atoms with Crippen molar-refractivity contribution in [2.75, 3.05) is 34.3 Å². The van der Waals surface area contributed by atoms with Gasteiger partial charge in [0.15, 0.2) is 0 Å². The minimum absolute atomic E-state index is 0.0866. The van der Waals surface area contributed by atoms with Crippen LogP contribution in [-0.2, 0) is 10.8 Å². The maximum atomic E-state index is 11.8. The molecular formula is C44H43Br2ClIN3O4. The number of rotatable bonds is 11. The van der Waals surface area contributed by atoms with Crippen molar-refractivity contribution in [3.05, 3.63) is 155 Å². The molecule has 0 aromatic heterocycles. The van der Waals surface area contributed by atoms with Gasteiger partial charge in [-0.3, -0.25) is 10.1 Å². The van der Waals surface area contributed by atoms with E-state index < -0.39 is 26.4 Å². The van der Waals surface area contributed by atoms with Crippen molar-refractivity contribution in [2.24, 2.45) is 0 Å². The van der Waals surface area contributed by atoms with Crippen LogP contribution >= 0.6 is 64.5 Å². The van der Waals surface area contributed by atoms with Gasteiger partial charge in [-0.15, -0.1) is 0 Å². The van der Waals surface area contributed by atoms with E-state index in [4.69, 9.17) is 21.1 Å². The first-order chi connectivity index (χ1) is 26.2. The fourth-order valence-corrected chi connectivity index (χ4v) is 11.4. The van der Waals surface area contributed by atoms with Gasteiger partial charge in [0.2, 0.25) is 0 Å². The summed E-state index contributed by atoms with van der Waals surface area (Å²) in [5.41, 5.74) is 8.47. The van der Waals surface area contributed by atoms with Crippen LogP contribution in [0.25, 0.3) is 0 Å². The number of allylic oxidation sites excluding steroid dienone is 6. The fourth-order valence-electron chi connectivity index (χ4n) is 7.44. The number of anilines is 2. The largest absolute Gasteiger partial charge is 0.492 e. The molecule has 4 aromatic carbocycles. The predicted molar refractivity (Wildman–Crippen MR) is 242 cm³/mol. The highest BCUT2D eigenvalue weighted by molar-refractivity contribution is 14.2. The number of nitro groups is 1. The monoisotopic (exact) mass is 997 g/mol. The Hall–Kier alpha value is -3.45. The van der Waals surface area contributed by atoms with Gasteiger partial charge in [0.05, 0.1) is 18.0 Å². The van der Waals surface area contributed by atoms with Crippen molar-refractivity contribution in [1.82, 2.24) is 0 Å². The Morgan fingerprint density at radius 1 is 0.800 bits per heavy atom. The molecule has 1 aliphatic carbocycles. The molecule has 0 atom stereocenters. The Kier molecular flexibility index (Phi) is 11.7. The fraction of sp³-hybridized carbons (Fsp3) is 0.295. The molecule has 55 heavy (non-hydrogen) atoms. The highest BCUT2D eigenvalue weighted by atomic mass is 127. The van der Waals surface area contributed by atoms with E-state index in [1.165, 1.54) is 20.3 Å². The van der Waals surface area contributed by atoms with Crippen molar-refractivity contribution in [1.29, 1.82) is 0 Å². The minimum atomic E-state index is -0.542. The molecule has 3 aliphatic rings. The van der Waals surface area contributed by atoms with Crippen molar-refractivity contribution in [2.45, 2.75) is 58.3 Å². The summed E-state index contributed by atoms with van der Waals surface area (Å²) in [6, 6.07) is 27.8. The summed E-state index contributed by atoms with van der Waals surface area (Å²) >= 11 is 13.8. The van der Waals surface area contributed by atoms with Gasteiger partial charge >= 0.3 is 0 Å². The first kappa shape index (κ1) is 39.8. The SMILES string of the molecule is Cc1ccc2c(c1)C(C)(C)C(/C=C1\CCC(/C=C3/N(CCOc4ccc(Br)cc4)c4ccc([N+](=O)[O-])cc4C3(C)C)=C1Cl)=IN2CCOc1ccc(Br)cc1. The number of hydrogen-bond acceptors (Lipinski definition) is 6. The zero-order valence-electron chi connectivity index (χ0n) is 31.5. The van der Waals surface area contributed by atoms with Gasteiger partial charge in [-0.1, -0.05) is 88.9 Å². The second-order valence-electron chi connectivity index (χ2n) is 15.0. The van der Waals surface area contributed by atoms with Crippen molar-refractivity contribution in [3.8, 4) is 11.5 Å². The third-order valence-electron chi connectivity index (χ3n) is 10.6. The Morgan fingerprint density at radius 3 is 2.04 bits per heavy atom. The van der Waals surface area contributed by atoms with E-state index in [1.54, 1.807) is 12.1 Å². The van der Waals surface area contributed by atoms with Gasteiger partial charge in [0.25, 0.3) is 5.69 Å². The smallest absolute Gasteiger partial charge is 0.269 e. The third kappa shape index (κ3) is 8.34. The van der Waals surface area contributed by atoms with Crippen LogP contribution in [-0.4, -0.2) is 34.7 Å². The van der Waals surface area contributed by atoms with Gasteiger partial charge < -0.3 is 17.5 Å². The lowest BCUT2D eigenvalue weighted by Crippen LogP contribution is -2.35. The summed E-state index contributed by atoms with van der Waals surface area (Å²) < 4.78 is 18.3. The lowest BCUT2D eigenvalue weighted by Gasteiger charge is -2.38. The summed E-state index contributed by atoms with van der Waals surface area (Å²) in [6.45, 7) is 13.5. The normalized spacial score (nSPS) is 18.6. The van der Waals surface area contributed by atoms with Gasteiger partial charge in [0, 0.05) is 78.5 Å². The van der Waals surface area contributed by atoms with Gasteiger partial charge in [0.1, 0.15) is 24.7 Å². The molecule has 0 fully saturated rings. The summed E-state index contributed by atoms with van der Waals surface area (Å²) in [5.74, 6) is 1.65. The average Bonchev–Trinajstić information content (AvgIpc) is 3.60. The Bertz CT molecular complexity index is 2270. The maximum absolute atomic E-state index is 11.8. The lowest BCUT2D eigenvalue weighted by atomic mass is 9.79. The topological polar surface area (TPSA) is 68.1 Å². The summed E-state index contributed by atoms with van der Waals surface area (Å²) in [4.78, 5) is 13.8. The molecular weight excluding hydrogens is 957 g/mol. The molecule has 0 radical (unpaired) electrons. The molecule has 2 aliphatic heterocycles. The van der Waals surface area contributed by atoms with E-state index >= 15 is 0 Å². The van der Waals surface area contributed by atoms with Crippen LogP contribution in [0, 0.1) is 17.0 Å². The Labute approximate surface area is 355 Å². The van der Waals surface area contributed by atoms with E-state index in [0.29, 0.717) is 19.8 Å². The van der Waals surface area contributed by atoms with Crippen LogP contribution < -0.4 is 17.5 Å². The molecule has 11 heteroatoms. The highest BCUT2D eigenvalue weighted by Crippen LogP contribution is 2.51. The van der Waals surface area contributed by atoms with Crippen LogP contribution in [0.2, 0.25) is 0 Å². The number of non-ortho nitro benzene ring substituents is 1. The van der Waals surface area contributed by atoms with Gasteiger partial charge in [-0.2, -0.15) is 0 Å². The summed E-state index contributed by atoms with van der Waals surface area (Å²) in [6.07, 6.45) is 6.28. The number of fused-ring (bicyclic) bond motifs is 2. The third-order valence-corrected chi connectivity index (χ3v) is 15.9. The molecule has 0 spiro atoms. The van der Waals surface area contributed by atoms with E-state index in [2.05, 4.69) is 105 Å². The van der Waals surface area contributed by atoms with E-state index in [9.17, 15) is 10.1 Å². The highest BCUT2D eigenvalue weighted by Gasteiger charge is 2.42. The summed E-state index contributed by atoms with van der Waals surface area (Å²) in [5, 5.41) is 12.6. The number of nitro benzene ring substituents is 1. The van der Waals surface area contributed by atoms with Crippen LogP contribution in [0.4, 0.5) is 17.1 Å². The molecule has 7 rings (SSSR count). The molecule has 2 heterocycles. The zero-order valence-corrected chi connectivity index (χ0v) is 37.6. The number of hydrogen-bond donors (Lipinski definition) is 0.